The van der Waals surface area contributed by atoms with Crippen molar-refractivity contribution in [2.24, 2.45) is 17.8 Å². The first-order valence-corrected chi connectivity index (χ1v) is 15.0. The molecule has 2 saturated carbocycles. The number of methoxy groups -OCH3 is 1. The lowest BCUT2D eigenvalue weighted by Crippen LogP contribution is -2.45. The zero-order valence-corrected chi connectivity index (χ0v) is 23.9. The zero-order chi connectivity index (χ0) is 27.1. The number of ether oxygens (including phenoxy) is 1. The third kappa shape index (κ3) is 5.17. The number of nitrogens with one attached hydrogen (secondary N) is 1. The number of thiazole rings is 1. The topological polar surface area (TPSA) is 54.5 Å². The van der Waals surface area contributed by atoms with Crippen molar-refractivity contribution in [2.45, 2.75) is 64.0 Å². The molecule has 3 aromatic rings. The number of hydrogen-bond acceptors (Lipinski definition) is 5. The Morgan fingerprint density at radius 3 is 2.56 bits per heavy atom. The predicted molar refractivity (Wildman–Crippen MR) is 157 cm³/mol. The van der Waals surface area contributed by atoms with E-state index >= 15 is 0 Å². The minimum absolute atomic E-state index is 0.0862. The smallest absolute Gasteiger partial charge is 0.274 e. The van der Waals surface area contributed by atoms with E-state index in [0.29, 0.717) is 17.2 Å². The maximum absolute atomic E-state index is 13.7. The fourth-order valence-electron chi connectivity index (χ4n) is 7.68. The molecule has 0 radical (unpaired) electrons. The molecule has 2 aromatic carbocycles. The minimum atomic E-state index is -0.205. The summed E-state index contributed by atoms with van der Waals surface area (Å²) in [6.45, 7) is 5.43. The number of rotatable bonds is 5. The third-order valence-electron chi connectivity index (χ3n) is 8.98. The zero-order valence-electron chi connectivity index (χ0n) is 23.1. The van der Waals surface area contributed by atoms with Crippen molar-refractivity contribution >= 4 is 22.9 Å². The van der Waals surface area contributed by atoms with Crippen molar-refractivity contribution in [2.75, 3.05) is 19.0 Å². The quantitative estimate of drug-likeness (QED) is 0.357. The molecule has 2 aliphatic carbocycles. The maximum Gasteiger partial charge on any atom is 0.274 e. The summed E-state index contributed by atoms with van der Waals surface area (Å²) in [6, 6.07) is 14.7. The second-order valence-electron chi connectivity index (χ2n) is 12.2. The molecule has 39 heavy (non-hydrogen) atoms. The van der Waals surface area contributed by atoms with Gasteiger partial charge in [0.05, 0.1) is 13.2 Å². The van der Waals surface area contributed by atoms with Crippen LogP contribution >= 0.6 is 11.3 Å². The van der Waals surface area contributed by atoms with Crippen molar-refractivity contribution in [1.29, 1.82) is 0 Å². The van der Waals surface area contributed by atoms with Crippen LogP contribution in [0.2, 0.25) is 0 Å². The Morgan fingerprint density at radius 1 is 1.15 bits per heavy atom. The SMILES string of the molecule is C#Cc1nc(C(=O)N2CCc3cc(OC)ccc3C2c2ccc(NC3(C)CC4CC(C)CC(C4)C3)cc2)cs1. The van der Waals surface area contributed by atoms with E-state index in [2.05, 4.69) is 66.5 Å². The Morgan fingerprint density at radius 2 is 1.90 bits per heavy atom. The lowest BCUT2D eigenvalue weighted by atomic mass is 9.62. The van der Waals surface area contributed by atoms with Gasteiger partial charge in [0.15, 0.2) is 5.01 Å². The third-order valence-corrected chi connectivity index (χ3v) is 9.75. The van der Waals surface area contributed by atoms with Crippen LogP contribution in [-0.2, 0) is 6.42 Å². The van der Waals surface area contributed by atoms with E-state index < -0.39 is 0 Å². The van der Waals surface area contributed by atoms with Gasteiger partial charge in [-0.15, -0.1) is 17.8 Å². The second kappa shape index (κ2) is 10.4. The van der Waals surface area contributed by atoms with Gasteiger partial charge in [0.25, 0.3) is 5.91 Å². The van der Waals surface area contributed by atoms with Crippen molar-refractivity contribution in [3.05, 3.63) is 75.2 Å². The summed E-state index contributed by atoms with van der Waals surface area (Å²) in [5.74, 6) is 5.83. The van der Waals surface area contributed by atoms with Crippen LogP contribution < -0.4 is 10.1 Å². The number of fused-ring (bicyclic) bond motifs is 3. The number of carbonyl (C=O) groups excluding carboxylic acids is 1. The predicted octanol–water partition coefficient (Wildman–Crippen LogP) is 6.94. The molecule has 1 amide bonds. The van der Waals surface area contributed by atoms with Gasteiger partial charge in [-0.3, -0.25) is 4.79 Å². The molecular formula is C33H37N3O2S. The van der Waals surface area contributed by atoms with Gasteiger partial charge >= 0.3 is 0 Å². The molecule has 6 heteroatoms. The van der Waals surface area contributed by atoms with Crippen molar-refractivity contribution in [3.63, 3.8) is 0 Å². The monoisotopic (exact) mass is 539 g/mol. The van der Waals surface area contributed by atoms with Gasteiger partial charge in [-0.25, -0.2) is 4.98 Å². The molecule has 5 nitrogen and oxygen atoms in total. The Kier molecular flexibility index (Phi) is 6.89. The van der Waals surface area contributed by atoms with Crippen LogP contribution in [0.5, 0.6) is 5.75 Å². The molecule has 1 aliphatic heterocycles. The first-order valence-electron chi connectivity index (χ1n) is 14.1. The Hall–Kier alpha value is -3.30. The van der Waals surface area contributed by atoms with Crippen molar-refractivity contribution in [3.8, 4) is 18.1 Å². The number of anilines is 1. The summed E-state index contributed by atoms with van der Waals surface area (Å²) < 4.78 is 5.49. The van der Waals surface area contributed by atoms with Crippen LogP contribution in [0.15, 0.2) is 47.8 Å². The highest BCUT2D eigenvalue weighted by molar-refractivity contribution is 7.10. The average Bonchev–Trinajstić information content (AvgIpc) is 3.41. The number of nitrogens with zero attached hydrogens (tertiary/aromatic N) is 2. The van der Waals surface area contributed by atoms with Crippen molar-refractivity contribution < 1.29 is 9.53 Å². The largest absolute Gasteiger partial charge is 0.497 e. The molecule has 1 N–H and O–H groups in total. The average molecular weight is 540 g/mol. The van der Waals surface area contributed by atoms with Crippen LogP contribution in [-0.4, -0.2) is 35.0 Å². The van der Waals surface area contributed by atoms with E-state index in [1.54, 1.807) is 12.5 Å². The summed E-state index contributed by atoms with van der Waals surface area (Å²) >= 11 is 1.33. The van der Waals surface area contributed by atoms with E-state index in [-0.39, 0.29) is 17.5 Å². The van der Waals surface area contributed by atoms with E-state index in [1.165, 1.54) is 49.0 Å². The van der Waals surface area contributed by atoms with Crippen LogP contribution in [0, 0.1) is 30.1 Å². The van der Waals surface area contributed by atoms with Gasteiger partial charge in [-0.2, -0.15) is 0 Å². The summed E-state index contributed by atoms with van der Waals surface area (Å²) in [4.78, 5) is 20.0. The lowest BCUT2D eigenvalue weighted by molar-refractivity contribution is 0.0689. The van der Waals surface area contributed by atoms with Gasteiger partial charge in [-0.1, -0.05) is 25.1 Å². The fourth-order valence-corrected chi connectivity index (χ4v) is 8.28. The summed E-state index contributed by atoms with van der Waals surface area (Å²) in [5, 5.41) is 6.21. The Balaban J connectivity index is 1.28. The Labute approximate surface area is 236 Å². The number of hydrogen-bond donors (Lipinski definition) is 1. The first kappa shape index (κ1) is 26.0. The molecule has 2 bridgehead atoms. The number of terminal acetylenes is 1. The van der Waals surface area contributed by atoms with E-state index in [0.717, 1.165) is 46.7 Å². The van der Waals surface area contributed by atoms with Gasteiger partial charge in [0, 0.05) is 23.2 Å². The van der Waals surface area contributed by atoms with Crippen LogP contribution in [0.1, 0.15) is 84.2 Å². The first-order chi connectivity index (χ1) is 18.8. The van der Waals surface area contributed by atoms with Crippen molar-refractivity contribution in [1.82, 2.24) is 9.88 Å². The standard InChI is InChI=1S/C33H37N3O2S/c1-5-30-34-29(20-39-30)32(37)36-13-12-25-17-27(38-4)10-11-28(25)31(36)24-6-8-26(9-7-24)35-33(3)18-22-14-21(2)15-23(16-22)19-33/h1,6-11,17,20-23,31,35H,12-16,18-19H2,2-4H3. The lowest BCUT2D eigenvalue weighted by Gasteiger charge is -2.48. The molecule has 6 rings (SSSR count). The van der Waals surface area contributed by atoms with E-state index in [1.807, 2.05) is 11.0 Å². The van der Waals surface area contributed by atoms with Crippen LogP contribution in [0.3, 0.4) is 0 Å². The van der Waals surface area contributed by atoms with Gasteiger partial charge in [0.1, 0.15) is 11.4 Å². The molecule has 1 aromatic heterocycles. The van der Waals surface area contributed by atoms with Gasteiger partial charge in [-0.05, 0) is 110 Å². The van der Waals surface area contributed by atoms with Crippen LogP contribution in [0.4, 0.5) is 5.69 Å². The molecule has 0 spiro atoms. The number of carbonyl (C=O) groups is 1. The molecule has 3 aliphatic rings. The molecule has 202 valence electrons. The fraction of sp³-hybridized carbons (Fsp3) is 0.455. The Bertz CT molecular complexity index is 1390. The molecule has 2 heterocycles. The minimum Gasteiger partial charge on any atom is -0.497 e. The highest BCUT2D eigenvalue weighted by Gasteiger charge is 2.41. The molecule has 0 saturated heterocycles. The number of amides is 1. The maximum atomic E-state index is 13.7. The second-order valence-corrected chi connectivity index (χ2v) is 13.0. The highest BCUT2D eigenvalue weighted by atomic mass is 32.1. The van der Waals surface area contributed by atoms with E-state index in [4.69, 9.17) is 11.2 Å². The molecule has 2 fully saturated rings. The van der Waals surface area contributed by atoms with Crippen LogP contribution in [0.25, 0.3) is 0 Å². The highest BCUT2D eigenvalue weighted by Crippen LogP contribution is 2.47. The number of benzene rings is 2. The molecular weight excluding hydrogens is 502 g/mol. The normalized spacial score (nSPS) is 27.8. The molecule has 3 atom stereocenters. The molecule has 3 unspecified atom stereocenters. The summed E-state index contributed by atoms with van der Waals surface area (Å²) in [7, 11) is 1.69. The summed E-state index contributed by atoms with van der Waals surface area (Å²) in [5.41, 5.74) is 5.12. The van der Waals surface area contributed by atoms with Gasteiger partial charge in [0.2, 0.25) is 0 Å². The summed E-state index contributed by atoms with van der Waals surface area (Å²) in [6.07, 6.45) is 12.9. The van der Waals surface area contributed by atoms with E-state index in [9.17, 15) is 4.79 Å². The van der Waals surface area contributed by atoms with Gasteiger partial charge < -0.3 is 15.0 Å². The number of aromatic nitrogens is 1.